The maximum Gasteiger partial charge on any atom is 0.227 e. The van der Waals surface area contributed by atoms with E-state index in [9.17, 15) is 9.18 Å². The summed E-state index contributed by atoms with van der Waals surface area (Å²) in [6.07, 6.45) is 3.15. The monoisotopic (exact) mass is 246 g/mol. The molecule has 0 aromatic heterocycles. The summed E-state index contributed by atoms with van der Waals surface area (Å²) in [5, 5.41) is 8.47. The van der Waals surface area contributed by atoms with E-state index in [1.165, 1.54) is 12.1 Å². The van der Waals surface area contributed by atoms with Crippen molar-refractivity contribution in [3.05, 3.63) is 29.6 Å². The predicted molar refractivity (Wildman–Crippen MR) is 66.5 cm³/mol. The number of halogens is 1. The Labute approximate surface area is 106 Å². The zero-order valence-electron chi connectivity index (χ0n) is 10.2. The van der Waals surface area contributed by atoms with Gasteiger partial charge in [0.15, 0.2) is 0 Å². The Morgan fingerprint density at radius 1 is 1.33 bits per heavy atom. The molecule has 1 aromatic rings. The second-order valence-electron chi connectivity index (χ2n) is 4.43. The molecule has 0 spiro atoms. The number of carbonyl (C=O) groups excluding carboxylic acids is 1. The molecule has 0 radical (unpaired) electrons. The summed E-state index contributed by atoms with van der Waals surface area (Å²) >= 11 is 0. The van der Waals surface area contributed by atoms with Crippen LogP contribution in [0.5, 0.6) is 0 Å². The van der Waals surface area contributed by atoms with Gasteiger partial charge in [0.25, 0.3) is 0 Å². The fourth-order valence-electron chi connectivity index (χ4n) is 2.25. The molecule has 0 atom stereocenters. The molecule has 0 saturated carbocycles. The first kappa shape index (κ1) is 12.6. The van der Waals surface area contributed by atoms with E-state index in [-0.39, 0.29) is 11.7 Å². The number of fused-ring (bicyclic) bond motifs is 1. The average molecular weight is 246 g/mol. The number of nitrogens with zero attached hydrogens (tertiary/aromatic N) is 2. The number of hydrogen-bond acceptors (Lipinski definition) is 2. The molecule has 1 aromatic carbocycles. The molecule has 1 aliphatic heterocycles. The molecule has 0 saturated heterocycles. The third kappa shape index (κ3) is 2.67. The molecule has 94 valence electrons. The van der Waals surface area contributed by atoms with Crippen LogP contribution in [0.25, 0.3) is 0 Å². The highest BCUT2D eigenvalue weighted by molar-refractivity contribution is 5.96. The topological polar surface area (TPSA) is 44.1 Å². The van der Waals surface area contributed by atoms with E-state index < -0.39 is 0 Å². The highest BCUT2D eigenvalue weighted by atomic mass is 19.1. The quantitative estimate of drug-likeness (QED) is 0.767. The van der Waals surface area contributed by atoms with Gasteiger partial charge < -0.3 is 4.90 Å². The van der Waals surface area contributed by atoms with Gasteiger partial charge >= 0.3 is 0 Å². The Kier molecular flexibility index (Phi) is 3.93. The van der Waals surface area contributed by atoms with Crippen LogP contribution < -0.4 is 4.90 Å². The van der Waals surface area contributed by atoms with Crippen LogP contribution in [-0.2, 0) is 11.2 Å². The Balaban J connectivity index is 2.10. The van der Waals surface area contributed by atoms with Crippen LogP contribution in [-0.4, -0.2) is 12.5 Å². The molecule has 0 unspecified atom stereocenters. The lowest BCUT2D eigenvalue weighted by Gasteiger charge is -2.29. The second-order valence-corrected chi connectivity index (χ2v) is 4.43. The van der Waals surface area contributed by atoms with Crippen molar-refractivity contribution in [2.75, 3.05) is 11.4 Å². The van der Waals surface area contributed by atoms with Crippen molar-refractivity contribution in [1.82, 2.24) is 0 Å². The molecular weight excluding hydrogens is 231 g/mol. The van der Waals surface area contributed by atoms with Crippen LogP contribution in [0.3, 0.4) is 0 Å². The lowest BCUT2D eigenvalue weighted by atomic mass is 10.0. The van der Waals surface area contributed by atoms with Gasteiger partial charge in [-0.15, -0.1) is 0 Å². The third-order valence-corrected chi connectivity index (χ3v) is 3.16. The summed E-state index contributed by atoms with van der Waals surface area (Å²) in [5.41, 5.74) is 1.72. The maximum atomic E-state index is 13.1. The Hall–Kier alpha value is -1.89. The van der Waals surface area contributed by atoms with E-state index >= 15 is 0 Å². The van der Waals surface area contributed by atoms with Crippen molar-refractivity contribution in [2.45, 2.75) is 32.1 Å². The van der Waals surface area contributed by atoms with Gasteiger partial charge in [-0.05, 0) is 43.0 Å². The zero-order valence-corrected chi connectivity index (χ0v) is 10.2. The fraction of sp³-hybridized carbons (Fsp3) is 0.429. The highest BCUT2D eigenvalue weighted by Crippen LogP contribution is 2.28. The SMILES string of the molecule is N#CCCCCN1C(=O)CCc2cc(F)ccc21. The molecule has 3 nitrogen and oxygen atoms in total. The predicted octanol–water partition coefficient (Wildman–Crippen LogP) is 2.80. The molecule has 1 amide bonds. The van der Waals surface area contributed by atoms with Gasteiger partial charge in [-0.1, -0.05) is 0 Å². The largest absolute Gasteiger partial charge is 0.312 e. The molecule has 0 aliphatic carbocycles. The Morgan fingerprint density at radius 3 is 2.94 bits per heavy atom. The molecule has 2 rings (SSSR count). The first-order chi connectivity index (χ1) is 8.72. The number of amides is 1. The van der Waals surface area contributed by atoms with Crippen LogP contribution in [0.4, 0.5) is 10.1 Å². The minimum absolute atomic E-state index is 0.0889. The average Bonchev–Trinajstić information content (AvgIpc) is 2.37. The lowest BCUT2D eigenvalue weighted by Crippen LogP contribution is -2.35. The molecular formula is C14H15FN2O. The number of aryl methyl sites for hydroxylation is 1. The van der Waals surface area contributed by atoms with Gasteiger partial charge in [0.2, 0.25) is 5.91 Å². The second kappa shape index (κ2) is 5.63. The molecule has 1 heterocycles. The van der Waals surface area contributed by atoms with Gasteiger partial charge in [-0.25, -0.2) is 4.39 Å². The maximum absolute atomic E-state index is 13.1. The summed E-state index contributed by atoms with van der Waals surface area (Å²) in [7, 11) is 0. The first-order valence-corrected chi connectivity index (χ1v) is 6.18. The fourth-order valence-corrected chi connectivity index (χ4v) is 2.25. The van der Waals surface area contributed by atoms with E-state index in [0.717, 1.165) is 24.1 Å². The Morgan fingerprint density at radius 2 is 2.17 bits per heavy atom. The molecule has 0 N–H and O–H groups in total. The molecule has 0 bridgehead atoms. The molecule has 18 heavy (non-hydrogen) atoms. The number of carbonyl (C=O) groups is 1. The highest BCUT2D eigenvalue weighted by Gasteiger charge is 2.23. The van der Waals surface area contributed by atoms with Crippen LogP contribution in [0.2, 0.25) is 0 Å². The van der Waals surface area contributed by atoms with Crippen LogP contribution in [0.1, 0.15) is 31.2 Å². The summed E-state index contributed by atoms with van der Waals surface area (Å²) in [5.74, 6) is -0.168. The van der Waals surface area contributed by atoms with E-state index in [0.29, 0.717) is 25.8 Å². The number of rotatable bonds is 4. The summed E-state index contributed by atoms with van der Waals surface area (Å²) in [6.45, 7) is 0.610. The van der Waals surface area contributed by atoms with Crippen molar-refractivity contribution in [3.63, 3.8) is 0 Å². The van der Waals surface area contributed by atoms with Crippen molar-refractivity contribution in [2.24, 2.45) is 0 Å². The minimum Gasteiger partial charge on any atom is -0.312 e. The molecule has 4 heteroatoms. The first-order valence-electron chi connectivity index (χ1n) is 6.18. The van der Waals surface area contributed by atoms with Gasteiger partial charge in [-0.3, -0.25) is 4.79 Å². The smallest absolute Gasteiger partial charge is 0.227 e. The standard InChI is InChI=1S/C14H15FN2O/c15-12-5-6-13-11(10-12)4-7-14(18)17(13)9-3-1-2-8-16/h5-6,10H,1-4,7,9H2. The van der Waals surface area contributed by atoms with Crippen molar-refractivity contribution >= 4 is 11.6 Å². The molecule has 1 aliphatic rings. The summed E-state index contributed by atoms with van der Waals surface area (Å²) < 4.78 is 13.1. The van der Waals surface area contributed by atoms with Crippen LogP contribution in [0, 0.1) is 17.1 Å². The number of nitriles is 1. The minimum atomic E-state index is -0.257. The zero-order chi connectivity index (χ0) is 13.0. The van der Waals surface area contributed by atoms with Gasteiger partial charge in [0, 0.05) is 25.1 Å². The van der Waals surface area contributed by atoms with Crippen molar-refractivity contribution < 1.29 is 9.18 Å². The lowest BCUT2D eigenvalue weighted by molar-refractivity contribution is -0.118. The van der Waals surface area contributed by atoms with Gasteiger partial charge in [0.1, 0.15) is 5.82 Å². The van der Waals surface area contributed by atoms with Gasteiger partial charge in [0.05, 0.1) is 6.07 Å². The molecule has 0 fully saturated rings. The number of anilines is 1. The van der Waals surface area contributed by atoms with Gasteiger partial charge in [-0.2, -0.15) is 5.26 Å². The van der Waals surface area contributed by atoms with Crippen LogP contribution in [0.15, 0.2) is 18.2 Å². The van der Waals surface area contributed by atoms with E-state index in [2.05, 4.69) is 6.07 Å². The number of hydrogen-bond donors (Lipinski definition) is 0. The Bertz CT molecular complexity index is 493. The number of benzene rings is 1. The number of unbranched alkanes of at least 4 members (excludes halogenated alkanes) is 2. The van der Waals surface area contributed by atoms with E-state index in [1.807, 2.05) is 0 Å². The third-order valence-electron chi connectivity index (χ3n) is 3.16. The van der Waals surface area contributed by atoms with E-state index in [4.69, 9.17) is 5.26 Å². The van der Waals surface area contributed by atoms with Crippen molar-refractivity contribution in [1.29, 1.82) is 5.26 Å². The van der Waals surface area contributed by atoms with Crippen molar-refractivity contribution in [3.8, 4) is 6.07 Å². The van der Waals surface area contributed by atoms with Crippen LogP contribution >= 0.6 is 0 Å². The summed E-state index contributed by atoms with van der Waals surface area (Å²) in [4.78, 5) is 13.6. The van der Waals surface area contributed by atoms with E-state index in [1.54, 1.807) is 11.0 Å². The normalized spacial score (nSPS) is 14.2. The summed E-state index contributed by atoms with van der Waals surface area (Å²) in [6, 6.07) is 6.66.